The second-order valence-corrected chi connectivity index (χ2v) is 4.32. The zero-order valence-electron chi connectivity index (χ0n) is 10.3. The molecule has 0 saturated heterocycles. The molecule has 1 aromatic heterocycles. The molecule has 96 valence electrons. The Kier molecular flexibility index (Phi) is 3.63. The zero-order chi connectivity index (χ0) is 14.0. The largest absolute Gasteiger partial charge is 0.337 e. The molecule has 0 fully saturated rings. The van der Waals surface area contributed by atoms with E-state index in [0.717, 1.165) is 6.07 Å². The van der Waals surface area contributed by atoms with Crippen molar-refractivity contribution in [1.29, 1.82) is 5.26 Å². The first-order valence-electron chi connectivity index (χ1n) is 5.48. The minimum atomic E-state index is -0.522. The lowest BCUT2D eigenvalue weighted by Crippen LogP contribution is -2.02. The normalized spacial score (nSPS) is 10.1. The summed E-state index contributed by atoms with van der Waals surface area (Å²) in [5.41, 5.74) is 1.13. The third kappa shape index (κ3) is 2.80. The highest BCUT2D eigenvalue weighted by Crippen LogP contribution is 2.25. The van der Waals surface area contributed by atoms with Crippen molar-refractivity contribution in [2.24, 2.45) is 0 Å². The van der Waals surface area contributed by atoms with Crippen molar-refractivity contribution in [2.75, 3.05) is 5.32 Å². The molecule has 0 atom stereocenters. The predicted molar refractivity (Wildman–Crippen MR) is 70.9 cm³/mol. The van der Waals surface area contributed by atoms with E-state index in [4.69, 9.17) is 16.9 Å². The van der Waals surface area contributed by atoms with E-state index in [1.165, 1.54) is 12.1 Å². The van der Waals surface area contributed by atoms with Gasteiger partial charge in [-0.2, -0.15) is 5.26 Å². The van der Waals surface area contributed by atoms with Crippen molar-refractivity contribution >= 4 is 23.1 Å². The lowest BCUT2D eigenvalue weighted by molar-refractivity contribution is 0.631. The van der Waals surface area contributed by atoms with Crippen LogP contribution >= 0.6 is 11.6 Å². The molecule has 0 amide bonds. The molecule has 4 nitrogen and oxygen atoms in total. The van der Waals surface area contributed by atoms with Crippen molar-refractivity contribution in [3.05, 3.63) is 46.1 Å². The van der Waals surface area contributed by atoms with E-state index in [0.29, 0.717) is 22.4 Å². The number of halogens is 2. The van der Waals surface area contributed by atoms with Gasteiger partial charge in [0.25, 0.3) is 0 Å². The van der Waals surface area contributed by atoms with Gasteiger partial charge in [-0.1, -0.05) is 11.6 Å². The van der Waals surface area contributed by atoms with Crippen LogP contribution in [0.4, 0.5) is 15.9 Å². The maximum atomic E-state index is 13.8. The van der Waals surface area contributed by atoms with E-state index in [-0.39, 0.29) is 11.3 Å². The summed E-state index contributed by atoms with van der Waals surface area (Å²) in [4.78, 5) is 8.18. The quantitative estimate of drug-likeness (QED) is 0.853. The van der Waals surface area contributed by atoms with Gasteiger partial charge in [0, 0.05) is 5.56 Å². The van der Waals surface area contributed by atoms with Crippen LogP contribution in [0.15, 0.2) is 18.2 Å². The first kappa shape index (κ1) is 13.2. The molecule has 0 bridgehead atoms. The van der Waals surface area contributed by atoms with Crippen LogP contribution in [0.2, 0.25) is 5.15 Å². The summed E-state index contributed by atoms with van der Waals surface area (Å²) in [6.45, 7) is 3.44. The van der Waals surface area contributed by atoms with Crippen molar-refractivity contribution in [1.82, 2.24) is 9.97 Å². The maximum absolute atomic E-state index is 13.8. The van der Waals surface area contributed by atoms with Gasteiger partial charge in [0.05, 0.1) is 17.3 Å². The van der Waals surface area contributed by atoms with Crippen LogP contribution in [0.3, 0.4) is 0 Å². The smallest absolute Gasteiger partial charge is 0.147 e. The van der Waals surface area contributed by atoms with Crippen LogP contribution in [0.5, 0.6) is 0 Å². The lowest BCUT2D eigenvalue weighted by Gasteiger charge is -2.11. The van der Waals surface area contributed by atoms with Gasteiger partial charge in [-0.3, -0.25) is 0 Å². The summed E-state index contributed by atoms with van der Waals surface area (Å²) in [6, 6.07) is 6.04. The molecule has 1 heterocycles. The van der Waals surface area contributed by atoms with Crippen molar-refractivity contribution < 1.29 is 4.39 Å². The molecule has 6 heteroatoms. The number of rotatable bonds is 2. The monoisotopic (exact) mass is 276 g/mol. The third-order valence-electron chi connectivity index (χ3n) is 2.55. The molecule has 2 aromatic rings. The van der Waals surface area contributed by atoms with E-state index in [2.05, 4.69) is 15.3 Å². The molecule has 0 spiro atoms. The van der Waals surface area contributed by atoms with E-state index in [1.807, 2.05) is 6.07 Å². The zero-order valence-corrected chi connectivity index (χ0v) is 11.1. The number of hydrogen-bond acceptors (Lipinski definition) is 4. The molecule has 0 radical (unpaired) electrons. The average Bonchev–Trinajstić information content (AvgIpc) is 2.37. The minimum Gasteiger partial charge on any atom is -0.337 e. The molecule has 0 unspecified atom stereocenters. The number of benzene rings is 1. The van der Waals surface area contributed by atoms with Crippen molar-refractivity contribution in [3.63, 3.8) is 0 Å². The minimum absolute atomic E-state index is 0.233. The van der Waals surface area contributed by atoms with Crippen LogP contribution in [0.1, 0.15) is 17.0 Å². The number of aromatic nitrogens is 2. The van der Waals surface area contributed by atoms with Gasteiger partial charge in [0.1, 0.15) is 22.6 Å². The number of nitrogens with zero attached hydrogens (tertiary/aromatic N) is 3. The van der Waals surface area contributed by atoms with Gasteiger partial charge in [0.2, 0.25) is 0 Å². The van der Waals surface area contributed by atoms with Gasteiger partial charge < -0.3 is 5.32 Å². The maximum Gasteiger partial charge on any atom is 0.147 e. The van der Waals surface area contributed by atoms with Crippen molar-refractivity contribution in [3.8, 4) is 6.07 Å². The van der Waals surface area contributed by atoms with E-state index < -0.39 is 5.82 Å². The van der Waals surface area contributed by atoms with Crippen LogP contribution < -0.4 is 5.32 Å². The number of hydrogen-bond donors (Lipinski definition) is 1. The Morgan fingerprint density at radius 2 is 2.05 bits per heavy atom. The number of nitriles is 1. The van der Waals surface area contributed by atoms with Gasteiger partial charge in [-0.25, -0.2) is 14.4 Å². The Labute approximate surface area is 114 Å². The molecule has 2 rings (SSSR count). The van der Waals surface area contributed by atoms with Gasteiger partial charge in [0.15, 0.2) is 0 Å². The number of anilines is 2. The first-order chi connectivity index (χ1) is 9.01. The highest BCUT2D eigenvalue weighted by atomic mass is 35.5. The van der Waals surface area contributed by atoms with Crippen LogP contribution in [0, 0.1) is 31.0 Å². The summed E-state index contributed by atoms with van der Waals surface area (Å²) in [5.74, 6) is 0.416. The molecule has 0 aliphatic rings. The molecule has 1 aromatic carbocycles. The third-order valence-corrected chi connectivity index (χ3v) is 2.92. The van der Waals surface area contributed by atoms with Crippen LogP contribution in [-0.2, 0) is 0 Å². The molecule has 19 heavy (non-hydrogen) atoms. The Morgan fingerprint density at radius 1 is 1.32 bits per heavy atom. The summed E-state index contributed by atoms with van der Waals surface area (Å²) >= 11 is 5.94. The summed E-state index contributed by atoms with van der Waals surface area (Å²) < 4.78 is 13.8. The SMILES string of the molecule is Cc1nc(Cl)c(C)c(Nc2ccc(C#N)cc2F)n1. The number of aryl methyl sites for hydroxylation is 1. The van der Waals surface area contributed by atoms with E-state index >= 15 is 0 Å². The molecular weight excluding hydrogens is 267 g/mol. The Morgan fingerprint density at radius 3 is 2.68 bits per heavy atom. The standard InChI is InChI=1S/C13H10ClFN4/c1-7-12(14)17-8(2)18-13(7)19-11-4-3-9(6-16)5-10(11)15/h3-5H,1-2H3,(H,17,18,19). The van der Waals surface area contributed by atoms with Gasteiger partial charge in [-0.15, -0.1) is 0 Å². The van der Waals surface area contributed by atoms with Crippen LogP contribution in [-0.4, -0.2) is 9.97 Å². The van der Waals surface area contributed by atoms with Crippen molar-refractivity contribution in [2.45, 2.75) is 13.8 Å². The second-order valence-electron chi connectivity index (χ2n) is 3.97. The highest BCUT2D eigenvalue weighted by molar-refractivity contribution is 6.30. The molecule has 0 aliphatic carbocycles. The van der Waals surface area contributed by atoms with E-state index in [9.17, 15) is 4.39 Å². The average molecular weight is 277 g/mol. The molecular formula is C13H10ClFN4. The van der Waals surface area contributed by atoms with E-state index in [1.54, 1.807) is 13.8 Å². The lowest BCUT2D eigenvalue weighted by atomic mass is 10.2. The van der Waals surface area contributed by atoms with Crippen LogP contribution in [0.25, 0.3) is 0 Å². The highest BCUT2D eigenvalue weighted by Gasteiger charge is 2.10. The predicted octanol–water partition coefficient (Wildman–Crippen LogP) is 3.50. The fraction of sp³-hybridized carbons (Fsp3) is 0.154. The topological polar surface area (TPSA) is 61.6 Å². The fourth-order valence-corrected chi connectivity index (χ4v) is 1.74. The first-order valence-corrected chi connectivity index (χ1v) is 5.86. The molecule has 0 saturated carbocycles. The summed E-state index contributed by atoms with van der Waals surface area (Å²) in [6.07, 6.45) is 0. The number of nitrogens with one attached hydrogen (secondary N) is 1. The molecule has 0 aliphatic heterocycles. The molecule has 1 N–H and O–H groups in total. The summed E-state index contributed by atoms with van der Waals surface area (Å²) in [5, 5.41) is 11.9. The second kappa shape index (κ2) is 5.21. The fourth-order valence-electron chi connectivity index (χ4n) is 1.53. The Balaban J connectivity index is 2.39. The Bertz CT molecular complexity index is 679. The van der Waals surface area contributed by atoms with Gasteiger partial charge in [-0.05, 0) is 32.0 Å². The Hall–Kier alpha value is -2.19. The summed E-state index contributed by atoms with van der Waals surface area (Å²) in [7, 11) is 0. The van der Waals surface area contributed by atoms with Gasteiger partial charge >= 0.3 is 0 Å².